The summed E-state index contributed by atoms with van der Waals surface area (Å²) >= 11 is 1.66. The number of urea groups is 1. The lowest BCUT2D eigenvalue weighted by atomic mass is 10.1. The first-order valence-electron chi connectivity index (χ1n) is 6.28. The van der Waals surface area contributed by atoms with Crippen molar-refractivity contribution in [2.75, 3.05) is 24.7 Å². The minimum Gasteiger partial charge on any atom is -0.389 e. The highest BCUT2D eigenvalue weighted by atomic mass is 32.2. The molecule has 0 aliphatic heterocycles. The summed E-state index contributed by atoms with van der Waals surface area (Å²) in [5.74, 6) is 0. The SMILES string of the molecule is CCN(CC(C)(C)O)C(=O)Nc1ccc(SC)cc1. The van der Waals surface area contributed by atoms with Gasteiger partial charge in [0.1, 0.15) is 0 Å². The lowest BCUT2D eigenvalue weighted by molar-refractivity contribution is 0.0501. The zero-order valence-electron chi connectivity index (χ0n) is 11.9. The normalized spacial score (nSPS) is 11.2. The van der Waals surface area contributed by atoms with E-state index in [1.54, 1.807) is 30.5 Å². The Morgan fingerprint density at radius 2 is 1.95 bits per heavy atom. The standard InChI is InChI=1S/C14H22N2O2S/c1-5-16(10-14(2,3)18)13(17)15-11-6-8-12(19-4)9-7-11/h6-9,18H,5,10H2,1-4H3,(H,15,17). The summed E-state index contributed by atoms with van der Waals surface area (Å²) in [5.41, 5.74) is -0.132. The monoisotopic (exact) mass is 282 g/mol. The van der Waals surface area contributed by atoms with Gasteiger partial charge in [-0.3, -0.25) is 0 Å². The van der Waals surface area contributed by atoms with Crippen molar-refractivity contribution >= 4 is 23.5 Å². The van der Waals surface area contributed by atoms with Crippen molar-refractivity contribution in [3.63, 3.8) is 0 Å². The molecule has 0 atom stereocenters. The summed E-state index contributed by atoms with van der Waals surface area (Å²) < 4.78 is 0. The van der Waals surface area contributed by atoms with Gasteiger partial charge in [0.05, 0.1) is 12.1 Å². The molecule has 106 valence electrons. The number of thioether (sulfide) groups is 1. The van der Waals surface area contributed by atoms with Crippen molar-refractivity contribution in [3.05, 3.63) is 24.3 Å². The molecule has 0 bridgehead atoms. The van der Waals surface area contributed by atoms with Gasteiger partial charge in [0.25, 0.3) is 0 Å². The van der Waals surface area contributed by atoms with Crippen LogP contribution in [0.15, 0.2) is 29.2 Å². The molecule has 0 saturated heterocycles. The highest BCUT2D eigenvalue weighted by Gasteiger charge is 2.21. The van der Waals surface area contributed by atoms with Crippen LogP contribution >= 0.6 is 11.8 Å². The van der Waals surface area contributed by atoms with Gasteiger partial charge in [0.15, 0.2) is 0 Å². The highest BCUT2D eigenvalue weighted by Crippen LogP contribution is 2.18. The van der Waals surface area contributed by atoms with Crippen LogP contribution in [0.25, 0.3) is 0 Å². The van der Waals surface area contributed by atoms with Crippen LogP contribution in [0, 0.1) is 0 Å². The van der Waals surface area contributed by atoms with Crippen LogP contribution in [0.3, 0.4) is 0 Å². The van der Waals surface area contributed by atoms with Gasteiger partial charge in [-0.1, -0.05) is 0 Å². The van der Waals surface area contributed by atoms with E-state index in [4.69, 9.17) is 0 Å². The van der Waals surface area contributed by atoms with Gasteiger partial charge in [0.2, 0.25) is 0 Å². The summed E-state index contributed by atoms with van der Waals surface area (Å²) in [4.78, 5) is 14.8. The predicted octanol–water partition coefficient (Wildman–Crippen LogP) is 3.03. The van der Waals surface area contributed by atoms with Crippen molar-refractivity contribution < 1.29 is 9.90 Å². The Labute approximate surface area is 119 Å². The number of amides is 2. The maximum atomic E-state index is 12.1. The molecule has 2 N–H and O–H groups in total. The van der Waals surface area contributed by atoms with E-state index in [9.17, 15) is 9.90 Å². The number of likely N-dealkylation sites (N-methyl/N-ethyl adjacent to an activating group) is 1. The molecule has 0 heterocycles. The predicted molar refractivity (Wildman–Crippen MR) is 80.8 cm³/mol. The van der Waals surface area contributed by atoms with Crippen LogP contribution in [-0.4, -0.2) is 41.0 Å². The zero-order chi connectivity index (χ0) is 14.5. The molecule has 1 rings (SSSR count). The summed E-state index contributed by atoms with van der Waals surface area (Å²) in [7, 11) is 0. The molecule has 0 fully saturated rings. The summed E-state index contributed by atoms with van der Waals surface area (Å²) in [6.45, 7) is 6.13. The Kier molecular flexibility index (Phi) is 5.69. The third kappa shape index (κ3) is 5.53. The minimum atomic E-state index is -0.893. The molecule has 0 aliphatic rings. The van der Waals surface area contributed by atoms with Gasteiger partial charge in [-0.2, -0.15) is 0 Å². The van der Waals surface area contributed by atoms with Crippen molar-refractivity contribution in [2.24, 2.45) is 0 Å². The molecule has 2 amide bonds. The van der Waals surface area contributed by atoms with Gasteiger partial charge in [-0.15, -0.1) is 11.8 Å². The number of nitrogens with one attached hydrogen (secondary N) is 1. The second-order valence-corrected chi connectivity index (χ2v) is 5.86. The van der Waals surface area contributed by atoms with Crippen LogP contribution in [0.2, 0.25) is 0 Å². The van der Waals surface area contributed by atoms with E-state index >= 15 is 0 Å². The number of benzene rings is 1. The van der Waals surface area contributed by atoms with Crippen molar-refractivity contribution in [1.29, 1.82) is 0 Å². The van der Waals surface area contributed by atoms with Crippen LogP contribution in [0.1, 0.15) is 20.8 Å². The topological polar surface area (TPSA) is 52.6 Å². The fourth-order valence-corrected chi connectivity index (χ4v) is 2.08. The average Bonchev–Trinajstić information content (AvgIpc) is 2.35. The summed E-state index contributed by atoms with van der Waals surface area (Å²) in [5, 5.41) is 12.6. The lowest BCUT2D eigenvalue weighted by Crippen LogP contribution is -2.44. The van der Waals surface area contributed by atoms with E-state index in [-0.39, 0.29) is 6.03 Å². The van der Waals surface area contributed by atoms with Gasteiger partial charge in [0, 0.05) is 17.1 Å². The van der Waals surface area contributed by atoms with E-state index in [0.29, 0.717) is 13.1 Å². The molecular formula is C14H22N2O2S. The molecule has 1 aromatic carbocycles. The largest absolute Gasteiger partial charge is 0.389 e. The molecule has 4 nitrogen and oxygen atoms in total. The molecule has 0 aromatic heterocycles. The molecule has 0 spiro atoms. The number of hydrogen-bond donors (Lipinski definition) is 2. The van der Waals surface area contributed by atoms with Crippen molar-refractivity contribution in [2.45, 2.75) is 31.3 Å². The maximum absolute atomic E-state index is 12.1. The van der Waals surface area contributed by atoms with E-state index in [0.717, 1.165) is 10.6 Å². The number of carbonyl (C=O) groups excluding carboxylic acids is 1. The maximum Gasteiger partial charge on any atom is 0.321 e. The molecule has 0 radical (unpaired) electrons. The first kappa shape index (κ1) is 15.9. The van der Waals surface area contributed by atoms with Gasteiger partial charge in [-0.05, 0) is 51.3 Å². The number of nitrogens with zero attached hydrogens (tertiary/aromatic N) is 1. The fraction of sp³-hybridized carbons (Fsp3) is 0.500. The summed E-state index contributed by atoms with van der Waals surface area (Å²) in [6, 6.07) is 7.49. The Morgan fingerprint density at radius 3 is 2.37 bits per heavy atom. The number of anilines is 1. The van der Waals surface area contributed by atoms with E-state index < -0.39 is 5.60 Å². The molecule has 19 heavy (non-hydrogen) atoms. The molecule has 1 aromatic rings. The average molecular weight is 282 g/mol. The fourth-order valence-electron chi connectivity index (χ4n) is 1.67. The molecule has 0 saturated carbocycles. The first-order chi connectivity index (χ1) is 8.85. The highest BCUT2D eigenvalue weighted by molar-refractivity contribution is 7.98. The van der Waals surface area contributed by atoms with Gasteiger partial charge < -0.3 is 15.3 Å². The Morgan fingerprint density at radius 1 is 1.37 bits per heavy atom. The first-order valence-corrected chi connectivity index (χ1v) is 7.50. The number of aliphatic hydroxyl groups is 1. The molecule has 5 heteroatoms. The Balaban J connectivity index is 2.65. The van der Waals surface area contributed by atoms with Crippen LogP contribution in [-0.2, 0) is 0 Å². The third-order valence-electron chi connectivity index (χ3n) is 2.59. The Bertz CT molecular complexity index is 412. The second kappa shape index (κ2) is 6.82. The minimum absolute atomic E-state index is 0.193. The van der Waals surface area contributed by atoms with Crippen molar-refractivity contribution in [3.8, 4) is 0 Å². The van der Waals surface area contributed by atoms with Crippen LogP contribution in [0.5, 0.6) is 0 Å². The quantitative estimate of drug-likeness (QED) is 0.816. The summed E-state index contributed by atoms with van der Waals surface area (Å²) in [6.07, 6.45) is 2.01. The molecule has 0 unspecified atom stereocenters. The molecular weight excluding hydrogens is 260 g/mol. The van der Waals surface area contributed by atoms with E-state index in [1.807, 2.05) is 37.4 Å². The lowest BCUT2D eigenvalue weighted by Gasteiger charge is -2.28. The zero-order valence-corrected chi connectivity index (χ0v) is 12.8. The molecule has 0 aliphatic carbocycles. The Hall–Kier alpha value is -1.20. The van der Waals surface area contributed by atoms with E-state index in [2.05, 4.69) is 5.32 Å². The van der Waals surface area contributed by atoms with E-state index in [1.165, 1.54) is 0 Å². The number of rotatable bonds is 5. The smallest absolute Gasteiger partial charge is 0.321 e. The van der Waals surface area contributed by atoms with Crippen molar-refractivity contribution in [1.82, 2.24) is 4.90 Å². The van der Waals surface area contributed by atoms with Gasteiger partial charge >= 0.3 is 6.03 Å². The van der Waals surface area contributed by atoms with Gasteiger partial charge in [-0.25, -0.2) is 4.79 Å². The van der Waals surface area contributed by atoms with Crippen LogP contribution in [0.4, 0.5) is 10.5 Å². The number of hydrogen-bond acceptors (Lipinski definition) is 3. The third-order valence-corrected chi connectivity index (χ3v) is 3.33. The number of carbonyl (C=O) groups is 1. The van der Waals surface area contributed by atoms with Crippen LogP contribution < -0.4 is 5.32 Å². The second-order valence-electron chi connectivity index (χ2n) is 4.99.